The van der Waals surface area contributed by atoms with E-state index in [2.05, 4.69) is 15.4 Å². The first-order valence-corrected chi connectivity index (χ1v) is 9.81. The summed E-state index contributed by atoms with van der Waals surface area (Å²) in [7, 11) is 1.84. The highest BCUT2D eigenvalue weighted by Crippen LogP contribution is 2.25. The Labute approximate surface area is 169 Å². The minimum atomic E-state index is -0.221. The van der Waals surface area contributed by atoms with Crippen molar-refractivity contribution in [3.63, 3.8) is 0 Å². The quantitative estimate of drug-likeness (QED) is 0.674. The van der Waals surface area contributed by atoms with Crippen molar-refractivity contribution in [2.75, 3.05) is 5.73 Å². The lowest BCUT2D eigenvalue weighted by molar-refractivity contribution is 0.0272. The summed E-state index contributed by atoms with van der Waals surface area (Å²) in [5.41, 5.74) is 9.19. The number of hydrogen-bond donors (Lipinski definition) is 2. The van der Waals surface area contributed by atoms with Gasteiger partial charge in [-0.15, -0.1) is 0 Å². The van der Waals surface area contributed by atoms with Crippen LogP contribution in [-0.4, -0.2) is 32.8 Å². The lowest BCUT2D eigenvalue weighted by Gasteiger charge is -2.22. The fourth-order valence-corrected chi connectivity index (χ4v) is 3.70. The Morgan fingerprint density at radius 2 is 2.07 bits per heavy atom. The first-order valence-electron chi connectivity index (χ1n) is 9.81. The van der Waals surface area contributed by atoms with E-state index in [4.69, 9.17) is 10.5 Å². The highest BCUT2D eigenvalue weighted by Gasteiger charge is 2.30. The number of nitrogens with zero attached hydrogens (tertiary/aromatic N) is 3. The number of carbonyl (C=O) groups excluding carboxylic acids is 1. The van der Waals surface area contributed by atoms with E-state index >= 15 is 0 Å². The van der Waals surface area contributed by atoms with Crippen LogP contribution in [0.4, 0.5) is 5.82 Å². The van der Waals surface area contributed by atoms with Gasteiger partial charge in [-0.3, -0.25) is 9.48 Å². The predicted molar refractivity (Wildman–Crippen MR) is 111 cm³/mol. The van der Waals surface area contributed by atoms with Gasteiger partial charge in [0.2, 0.25) is 0 Å². The summed E-state index contributed by atoms with van der Waals surface area (Å²) >= 11 is 0. The molecule has 1 amide bonds. The number of hydrogen-bond acceptors (Lipinski definition) is 5. The Kier molecular flexibility index (Phi) is 5.57. The highest BCUT2D eigenvalue weighted by molar-refractivity contribution is 5.99. The van der Waals surface area contributed by atoms with Crippen molar-refractivity contribution in [2.24, 2.45) is 7.05 Å². The standard InChI is InChI=1S/C22H25N5O2/c1-27-13-17(12-25-27)16-10-18(21(23)24-11-16)22(28)26-19-8-5-9-20(19)29-14-15-6-3-2-4-7-15/h2-4,6-7,10-13,19-20H,5,8-9,14H2,1H3,(H2,23,24)(H,26,28)/t19-,20-/m1/s1. The van der Waals surface area contributed by atoms with Crippen molar-refractivity contribution < 1.29 is 9.53 Å². The van der Waals surface area contributed by atoms with Crippen LogP contribution in [0.1, 0.15) is 35.2 Å². The Morgan fingerprint density at radius 3 is 2.83 bits per heavy atom. The van der Waals surface area contributed by atoms with Crippen molar-refractivity contribution >= 4 is 11.7 Å². The van der Waals surface area contributed by atoms with E-state index in [-0.39, 0.29) is 23.9 Å². The van der Waals surface area contributed by atoms with Crippen molar-refractivity contribution in [1.82, 2.24) is 20.1 Å². The third kappa shape index (κ3) is 4.46. The van der Waals surface area contributed by atoms with Gasteiger partial charge in [0.1, 0.15) is 5.82 Å². The van der Waals surface area contributed by atoms with Crippen LogP contribution in [0.25, 0.3) is 11.1 Å². The zero-order chi connectivity index (χ0) is 20.2. The third-order valence-corrected chi connectivity index (χ3v) is 5.28. The predicted octanol–water partition coefficient (Wildman–Crippen LogP) is 2.93. The van der Waals surface area contributed by atoms with Crippen LogP contribution in [0, 0.1) is 0 Å². The number of benzene rings is 1. The van der Waals surface area contributed by atoms with E-state index in [1.807, 2.05) is 43.6 Å². The maximum absolute atomic E-state index is 12.9. The number of nitrogens with two attached hydrogens (primary N) is 1. The first-order chi connectivity index (χ1) is 14.1. The summed E-state index contributed by atoms with van der Waals surface area (Å²) in [5, 5.41) is 7.27. The number of rotatable bonds is 6. The second kappa shape index (κ2) is 8.45. The van der Waals surface area contributed by atoms with Crippen LogP contribution < -0.4 is 11.1 Å². The minimum Gasteiger partial charge on any atom is -0.383 e. The van der Waals surface area contributed by atoms with Crippen molar-refractivity contribution in [2.45, 2.75) is 38.0 Å². The first kappa shape index (κ1) is 19.1. The molecule has 1 saturated carbocycles. The normalized spacial score (nSPS) is 18.7. The number of ether oxygens (including phenoxy) is 1. The van der Waals surface area contributed by atoms with Gasteiger partial charge in [0.05, 0.1) is 30.5 Å². The average Bonchev–Trinajstić information content (AvgIpc) is 3.36. The molecule has 0 spiro atoms. The molecule has 1 aliphatic carbocycles. The topological polar surface area (TPSA) is 95.1 Å². The van der Waals surface area contributed by atoms with E-state index in [1.165, 1.54) is 0 Å². The maximum atomic E-state index is 12.9. The molecule has 4 rings (SSSR count). The summed E-state index contributed by atoms with van der Waals surface area (Å²) in [6, 6.07) is 11.8. The fraction of sp³-hybridized carbons (Fsp3) is 0.318. The number of aromatic nitrogens is 3. The average molecular weight is 391 g/mol. The molecule has 0 aliphatic heterocycles. The van der Waals surface area contributed by atoms with Gasteiger partial charge in [-0.1, -0.05) is 30.3 Å². The molecule has 150 valence electrons. The second-order valence-electron chi connectivity index (χ2n) is 7.41. The molecule has 2 atom stereocenters. The van der Waals surface area contributed by atoms with Crippen LogP contribution in [0.15, 0.2) is 55.0 Å². The number of nitrogen functional groups attached to an aromatic ring is 1. The smallest absolute Gasteiger partial charge is 0.255 e. The minimum absolute atomic E-state index is 0.00477. The Bertz CT molecular complexity index is 986. The number of pyridine rings is 1. The summed E-state index contributed by atoms with van der Waals surface area (Å²) in [6.07, 6.45) is 8.11. The van der Waals surface area contributed by atoms with Crippen molar-refractivity contribution in [3.8, 4) is 11.1 Å². The number of amides is 1. The molecule has 1 aromatic carbocycles. The van der Waals surface area contributed by atoms with Crippen molar-refractivity contribution in [3.05, 3.63) is 66.1 Å². The molecule has 1 aliphatic rings. The monoisotopic (exact) mass is 391 g/mol. The SMILES string of the molecule is Cn1cc(-c2cnc(N)c(C(=O)N[C@@H]3CCC[C@H]3OCc3ccccc3)c2)cn1. The maximum Gasteiger partial charge on any atom is 0.255 e. The largest absolute Gasteiger partial charge is 0.383 e. The zero-order valence-corrected chi connectivity index (χ0v) is 16.4. The molecule has 3 aromatic rings. The second-order valence-corrected chi connectivity index (χ2v) is 7.41. The van der Waals surface area contributed by atoms with E-state index in [0.29, 0.717) is 12.2 Å². The molecule has 3 N–H and O–H groups in total. The highest BCUT2D eigenvalue weighted by atomic mass is 16.5. The van der Waals surface area contributed by atoms with E-state index in [1.54, 1.807) is 23.1 Å². The van der Waals surface area contributed by atoms with Gasteiger partial charge >= 0.3 is 0 Å². The number of carbonyl (C=O) groups is 1. The zero-order valence-electron chi connectivity index (χ0n) is 16.4. The lowest BCUT2D eigenvalue weighted by Crippen LogP contribution is -2.41. The lowest BCUT2D eigenvalue weighted by atomic mass is 10.1. The van der Waals surface area contributed by atoms with Crippen LogP contribution in [-0.2, 0) is 18.4 Å². The van der Waals surface area contributed by atoms with Gasteiger partial charge in [-0.25, -0.2) is 4.98 Å². The Hall–Kier alpha value is -3.19. The summed E-state index contributed by atoms with van der Waals surface area (Å²) in [6.45, 7) is 0.540. The number of aryl methyl sites for hydroxylation is 1. The molecule has 0 bridgehead atoms. The van der Waals surface area contributed by atoms with Gasteiger partial charge in [-0.05, 0) is 30.9 Å². The molecule has 0 unspecified atom stereocenters. The molecule has 7 nitrogen and oxygen atoms in total. The molecule has 7 heteroatoms. The van der Waals surface area contributed by atoms with Crippen molar-refractivity contribution in [1.29, 1.82) is 0 Å². The summed E-state index contributed by atoms with van der Waals surface area (Å²) in [4.78, 5) is 17.1. The third-order valence-electron chi connectivity index (χ3n) is 5.28. The van der Waals surface area contributed by atoms with Gasteiger partial charge in [0.25, 0.3) is 5.91 Å². The summed E-state index contributed by atoms with van der Waals surface area (Å²) < 4.78 is 7.80. The number of anilines is 1. The van der Waals surface area contributed by atoms with E-state index in [0.717, 1.165) is 36.0 Å². The fourth-order valence-electron chi connectivity index (χ4n) is 3.70. The van der Waals surface area contributed by atoms with Crippen LogP contribution in [0.5, 0.6) is 0 Å². The van der Waals surface area contributed by atoms with Gasteiger partial charge in [0, 0.05) is 30.6 Å². The van der Waals surface area contributed by atoms with Gasteiger partial charge in [-0.2, -0.15) is 5.10 Å². The molecule has 29 heavy (non-hydrogen) atoms. The summed E-state index contributed by atoms with van der Waals surface area (Å²) in [5.74, 6) is -0.00385. The van der Waals surface area contributed by atoms with Crippen LogP contribution >= 0.6 is 0 Å². The molecular formula is C22H25N5O2. The van der Waals surface area contributed by atoms with Crippen LogP contribution in [0.2, 0.25) is 0 Å². The number of nitrogens with one attached hydrogen (secondary N) is 1. The Balaban J connectivity index is 1.44. The van der Waals surface area contributed by atoms with Gasteiger partial charge < -0.3 is 15.8 Å². The van der Waals surface area contributed by atoms with E-state index < -0.39 is 0 Å². The van der Waals surface area contributed by atoms with Gasteiger partial charge in [0.15, 0.2) is 0 Å². The van der Waals surface area contributed by atoms with Crippen LogP contribution in [0.3, 0.4) is 0 Å². The molecular weight excluding hydrogens is 366 g/mol. The molecule has 2 aromatic heterocycles. The Morgan fingerprint density at radius 1 is 1.24 bits per heavy atom. The molecule has 1 fully saturated rings. The van der Waals surface area contributed by atoms with E-state index in [9.17, 15) is 4.79 Å². The molecule has 0 saturated heterocycles. The molecule has 2 heterocycles. The molecule has 0 radical (unpaired) electrons.